The molecule has 0 aliphatic rings. The lowest BCUT2D eigenvalue weighted by Crippen LogP contribution is -2.44. The molecule has 0 aliphatic heterocycles. The third-order valence-corrected chi connectivity index (χ3v) is 2.46. The predicted molar refractivity (Wildman–Crippen MR) is 60.4 cm³/mol. The summed E-state index contributed by atoms with van der Waals surface area (Å²) >= 11 is 0. The fourth-order valence-electron chi connectivity index (χ4n) is 1.33. The average molecular weight is 233 g/mol. The molecule has 16 heavy (non-hydrogen) atoms. The van der Waals surface area contributed by atoms with Gasteiger partial charge in [0, 0.05) is 6.54 Å². The molecule has 5 heteroatoms. The quantitative estimate of drug-likeness (QED) is 0.695. The molecule has 0 radical (unpaired) electrons. The highest BCUT2D eigenvalue weighted by molar-refractivity contribution is 5.03. The van der Waals surface area contributed by atoms with Crippen molar-refractivity contribution in [2.75, 3.05) is 26.7 Å². The Morgan fingerprint density at radius 2 is 2.12 bits per heavy atom. The molecule has 0 rings (SSSR count). The fraction of sp³-hybridized carbons (Fsp3) is 0.909. The maximum absolute atomic E-state index is 12.1. The SMILES string of the molecule is CCCNC(C)(C#N)CCN(C)CC(F)F. The molecule has 0 amide bonds. The minimum atomic E-state index is -2.32. The van der Waals surface area contributed by atoms with Crippen LogP contribution in [0.15, 0.2) is 0 Å². The summed E-state index contributed by atoms with van der Waals surface area (Å²) in [6, 6.07) is 2.20. The zero-order valence-electron chi connectivity index (χ0n) is 10.3. The van der Waals surface area contributed by atoms with Crippen LogP contribution in [0.25, 0.3) is 0 Å². The molecule has 0 bridgehead atoms. The molecule has 94 valence electrons. The minimum Gasteiger partial charge on any atom is -0.301 e. The molecule has 0 fully saturated rings. The number of hydrogen-bond acceptors (Lipinski definition) is 3. The van der Waals surface area contributed by atoms with Gasteiger partial charge in [-0.15, -0.1) is 0 Å². The van der Waals surface area contributed by atoms with Crippen LogP contribution in [0.3, 0.4) is 0 Å². The molecule has 0 aromatic heterocycles. The van der Waals surface area contributed by atoms with Gasteiger partial charge in [-0.25, -0.2) is 8.78 Å². The van der Waals surface area contributed by atoms with E-state index in [0.29, 0.717) is 13.0 Å². The van der Waals surface area contributed by atoms with Gasteiger partial charge in [0.15, 0.2) is 0 Å². The summed E-state index contributed by atoms with van der Waals surface area (Å²) in [6.07, 6.45) is -0.821. The smallest absolute Gasteiger partial charge is 0.251 e. The molecule has 0 saturated carbocycles. The van der Waals surface area contributed by atoms with E-state index in [1.807, 2.05) is 6.92 Å². The Morgan fingerprint density at radius 3 is 2.56 bits per heavy atom. The Balaban J connectivity index is 3.99. The third kappa shape index (κ3) is 6.70. The highest BCUT2D eigenvalue weighted by Gasteiger charge is 2.23. The Labute approximate surface area is 96.4 Å². The molecule has 1 unspecified atom stereocenters. The Hall–Kier alpha value is -0.730. The number of alkyl halides is 2. The van der Waals surface area contributed by atoms with E-state index in [-0.39, 0.29) is 6.54 Å². The van der Waals surface area contributed by atoms with Crippen molar-refractivity contribution in [3.05, 3.63) is 0 Å². The molecular weight excluding hydrogens is 212 g/mol. The first-order valence-electron chi connectivity index (χ1n) is 5.56. The molecule has 0 heterocycles. The van der Waals surface area contributed by atoms with E-state index in [9.17, 15) is 8.78 Å². The maximum atomic E-state index is 12.1. The highest BCUT2D eigenvalue weighted by atomic mass is 19.3. The van der Waals surface area contributed by atoms with Crippen molar-refractivity contribution in [1.82, 2.24) is 10.2 Å². The molecule has 1 atom stereocenters. The van der Waals surface area contributed by atoms with Crippen molar-refractivity contribution in [2.24, 2.45) is 0 Å². The summed E-state index contributed by atoms with van der Waals surface area (Å²) in [4.78, 5) is 1.55. The van der Waals surface area contributed by atoms with E-state index >= 15 is 0 Å². The van der Waals surface area contributed by atoms with E-state index < -0.39 is 12.0 Å². The second-order valence-electron chi connectivity index (χ2n) is 4.27. The Bertz CT molecular complexity index is 228. The lowest BCUT2D eigenvalue weighted by Gasteiger charge is -2.26. The Kier molecular flexibility index (Phi) is 7.18. The molecule has 0 spiro atoms. The van der Waals surface area contributed by atoms with Gasteiger partial charge in [0.05, 0.1) is 12.6 Å². The number of nitrogens with zero attached hydrogens (tertiary/aromatic N) is 2. The van der Waals surface area contributed by atoms with E-state index in [0.717, 1.165) is 13.0 Å². The second kappa shape index (κ2) is 7.53. The second-order valence-corrected chi connectivity index (χ2v) is 4.27. The number of nitriles is 1. The summed E-state index contributed by atoms with van der Waals surface area (Å²) in [5.74, 6) is 0. The van der Waals surface area contributed by atoms with E-state index in [4.69, 9.17) is 5.26 Å². The zero-order chi connectivity index (χ0) is 12.6. The van der Waals surface area contributed by atoms with Crippen molar-refractivity contribution < 1.29 is 8.78 Å². The number of hydrogen-bond donors (Lipinski definition) is 1. The lowest BCUT2D eigenvalue weighted by molar-refractivity contribution is 0.0973. The van der Waals surface area contributed by atoms with E-state index in [1.54, 1.807) is 18.9 Å². The van der Waals surface area contributed by atoms with Gasteiger partial charge in [0.1, 0.15) is 5.54 Å². The van der Waals surface area contributed by atoms with Crippen molar-refractivity contribution in [3.8, 4) is 6.07 Å². The normalized spacial score (nSPS) is 15.1. The monoisotopic (exact) mass is 233 g/mol. The minimum absolute atomic E-state index is 0.241. The zero-order valence-corrected chi connectivity index (χ0v) is 10.3. The summed E-state index contributed by atoms with van der Waals surface area (Å²) in [5.41, 5.74) is -0.619. The number of rotatable bonds is 8. The predicted octanol–water partition coefficient (Wildman–Crippen LogP) is 1.86. The third-order valence-electron chi connectivity index (χ3n) is 2.46. The van der Waals surface area contributed by atoms with Crippen LogP contribution in [0.5, 0.6) is 0 Å². The van der Waals surface area contributed by atoms with Gasteiger partial charge in [0.2, 0.25) is 0 Å². The van der Waals surface area contributed by atoms with Crippen molar-refractivity contribution in [2.45, 2.75) is 38.7 Å². The van der Waals surface area contributed by atoms with Crippen LogP contribution in [0.1, 0.15) is 26.7 Å². The van der Waals surface area contributed by atoms with Crippen LogP contribution >= 0.6 is 0 Å². The molecule has 0 saturated heterocycles. The first-order chi connectivity index (χ1) is 7.43. The number of halogens is 2. The average Bonchev–Trinajstić information content (AvgIpc) is 2.23. The van der Waals surface area contributed by atoms with Gasteiger partial charge >= 0.3 is 0 Å². The molecule has 0 aromatic rings. The summed E-state index contributed by atoms with van der Waals surface area (Å²) in [5, 5.41) is 12.2. The number of nitrogens with one attached hydrogen (secondary N) is 1. The van der Waals surface area contributed by atoms with Crippen LogP contribution in [-0.2, 0) is 0 Å². The van der Waals surface area contributed by atoms with Crippen molar-refractivity contribution >= 4 is 0 Å². The summed E-state index contributed by atoms with van der Waals surface area (Å²) < 4.78 is 24.1. The molecule has 0 aliphatic carbocycles. The van der Waals surface area contributed by atoms with Crippen LogP contribution in [0.2, 0.25) is 0 Å². The molecule has 0 aromatic carbocycles. The van der Waals surface area contributed by atoms with Gasteiger partial charge in [-0.2, -0.15) is 5.26 Å². The van der Waals surface area contributed by atoms with E-state index in [2.05, 4.69) is 11.4 Å². The van der Waals surface area contributed by atoms with Gasteiger partial charge in [0.25, 0.3) is 6.43 Å². The van der Waals surface area contributed by atoms with Crippen LogP contribution in [-0.4, -0.2) is 43.5 Å². The standard InChI is InChI=1S/C11H21F2N3/c1-4-6-15-11(2,9-14)5-7-16(3)8-10(12)13/h10,15H,4-8H2,1-3H3. The van der Waals surface area contributed by atoms with Crippen LogP contribution in [0, 0.1) is 11.3 Å². The van der Waals surface area contributed by atoms with E-state index in [1.165, 1.54) is 0 Å². The molecule has 1 N–H and O–H groups in total. The molecule has 3 nitrogen and oxygen atoms in total. The maximum Gasteiger partial charge on any atom is 0.251 e. The first-order valence-corrected chi connectivity index (χ1v) is 5.56. The van der Waals surface area contributed by atoms with Gasteiger partial charge in [-0.05, 0) is 33.4 Å². The van der Waals surface area contributed by atoms with Crippen LogP contribution in [0.4, 0.5) is 8.78 Å². The topological polar surface area (TPSA) is 39.1 Å². The van der Waals surface area contributed by atoms with Gasteiger partial charge < -0.3 is 4.90 Å². The fourth-order valence-corrected chi connectivity index (χ4v) is 1.33. The summed E-state index contributed by atoms with van der Waals surface area (Å²) in [6.45, 7) is 4.84. The summed E-state index contributed by atoms with van der Waals surface area (Å²) in [7, 11) is 1.64. The van der Waals surface area contributed by atoms with Crippen LogP contribution < -0.4 is 5.32 Å². The largest absolute Gasteiger partial charge is 0.301 e. The van der Waals surface area contributed by atoms with Gasteiger partial charge in [-0.3, -0.25) is 5.32 Å². The van der Waals surface area contributed by atoms with Crippen molar-refractivity contribution in [1.29, 1.82) is 5.26 Å². The lowest BCUT2D eigenvalue weighted by atomic mass is 9.99. The molecular formula is C11H21F2N3. The first kappa shape index (κ1) is 15.3. The van der Waals surface area contributed by atoms with Crippen molar-refractivity contribution in [3.63, 3.8) is 0 Å². The highest BCUT2D eigenvalue weighted by Crippen LogP contribution is 2.09. The van der Waals surface area contributed by atoms with Gasteiger partial charge in [-0.1, -0.05) is 6.92 Å². The Morgan fingerprint density at radius 1 is 1.50 bits per heavy atom.